The Kier molecular flexibility index (Phi) is 4.68. The molecule has 26 heavy (non-hydrogen) atoms. The molecule has 0 saturated heterocycles. The molecule has 1 heterocycles. The van der Waals surface area contributed by atoms with E-state index in [1.807, 2.05) is 12.1 Å². The molecule has 0 amide bonds. The van der Waals surface area contributed by atoms with Gasteiger partial charge in [0.25, 0.3) is 0 Å². The van der Waals surface area contributed by atoms with Gasteiger partial charge >= 0.3 is 0 Å². The van der Waals surface area contributed by atoms with E-state index in [0.717, 1.165) is 41.6 Å². The van der Waals surface area contributed by atoms with Crippen molar-refractivity contribution < 1.29 is 9.32 Å². The molecule has 0 aliphatic heterocycles. The van der Waals surface area contributed by atoms with E-state index in [-0.39, 0.29) is 5.78 Å². The standard InChI is InChI=1S/C22H21NO2S/c1-14-7-10-18(22(24)19-13-25-23-21(19)15-8-9-15)17(11-14)12-16-5-3-4-6-20(16)26-2/h3-7,10-11,13,15H,8-9,12H2,1-2H3. The Bertz CT molecular complexity index is 956. The monoisotopic (exact) mass is 363 g/mol. The first kappa shape index (κ1) is 17.1. The Balaban J connectivity index is 1.73. The van der Waals surface area contributed by atoms with Crippen molar-refractivity contribution in [3.8, 4) is 0 Å². The highest BCUT2D eigenvalue weighted by Crippen LogP contribution is 2.41. The van der Waals surface area contributed by atoms with Gasteiger partial charge in [-0.2, -0.15) is 0 Å². The molecule has 1 saturated carbocycles. The maximum absolute atomic E-state index is 13.2. The van der Waals surface area contributed by atoms with Crippen molar-refractivity contribution in [3.63, 3.8) is 0 Å². The highest BCUT2D eigenvalue weighted by atomic mass is 32.2. The van der Waals surface area contributed by atoms with Gasteiger partial charge in [0.1, 0.15) is 6.26 Å². The first-order valence-corrected chi connectivity index (χ1v) is 10.1. The Hall–Kier alpha value is -2.33. The molecule has 132 valence electrons. The van der Waals surface area contributed by atoms with Crippen molar-refractivity contribution in [2.45, 2.75) is 37.0 Å². The zero-order chi connectivity index (χ0) is 18.1. The van der Waals surface area contributed by atoms with Crippen LogP contribution >= 0.6 is 11.8 Å². The number of rotatable bonds is 6. The third kappa shape index (κ3) is 3.34. The van der Waals surface area contributed by atoms with Crippen LogP contribution in [0.25, 0.3) is 0 Å². The SMILES string of the molecule is CSc1ccccc1Cc1cc(C)ccc1C(=O)c1conc1C1CC1. The Morgan fingerprint density at radius 2 is 1.96 bits per heavy atom. The van der Waals surface area contributed by atoms with Crippen molar-refractivity contribution in [1.29, 1.82) is 0 Å². The highest BCUT2D eigenvalue weighted by Gasteiger charge is 2.32. The Morgan fingerprint density at radius 1 is 1.15 bits per heavy atom. The minimum absolute atomic E-state index is 0.0183. The molecule has 0 radical (unpaired) electrons. The summed E-state index contributed by atoms with van der Waals surface area (Å²) in [6.07, 6.45) is 6.52. The van der Waals surface area contributed by atoms with Crippen LogP contribution in [0.15, 0.2) is 58.1 Å². The zero-order valence-corrected chi connectivity index (χ0v) is 15.8. The number of aromatic nitrogens is 1. The number of thioether (sulfide) groups is 1. The first-order valence-electron chi connectivity index (χ1n) is 8.87. The molecule has 0 atom stereocenters. The minimum Gasteiger partial charge on any atom is -0.364 e. The number of hydrogen-bond acceptors (Lipinski definition) is 4. The van der Waals surface area contributed by atoms with Crippen LogP contribution in [0.5, 0.6) is 0 Å². The lowest BCUT2D eigenvalue weighted by atomic mass is 9.92. The summed E-state index contributed by atoms with van der Waals surface area (Å²) in [5.74, 6) is 0.406. The second-order valence-corrected chi connectivity index (χ2v) is 7.71. The molecule has 0 spiro atoms. The third-order valence-electron chi connectivity index (χ3n) is 4.89. The lowest BCUT2D eigenvalue weighted by Crippen LogP contribution is -2.08. The molecule has 1 aliphatic carbocycles. The van der Waals surface area contributed by atoms with E-state index in [9.17, 15) is 4.79 Å². The highest BCUT2D eigenvalue weighted by molar-refractivity contribution is 7.98. The molecule has 2 aromatic carbocycles. The number of ketones is 1. The Morgan fingerprint density at radius 3 is 2.73 bits per heavy atom. The number of benzene rings is 2. The number of carbonyl (C=O) groups is 1. The average molecular weight is 363 g/mol. The van der Waals surface area contributed by atoms with Gasteiger partial charge in [0.15, 0.2) is 5.78 Å². The summed E-state index contributed by atoms with van der Waals surface area (Å²) in [6.45, 7) is 2.06. The van der Waals surface area contributed by atoms with Crippen LogP contribution in [-0.4, -0.2) is 17.2 Å². The first-order chi connectivity index (χ1) is 12.7. The van der Waals surface area contributed by atoms with Crippen LogP contribution in [0, 0.1) is 6.92 Å². The molecule has 0 N–H and O–H groups in total. The molecule has 3 aromatic rings. The molecule has 4 heteroatoms. The van der Waals surface area contributed by atoms with Crippen LogP contribution in [0.4, 0.5) is 0 Å². The second kappa shape index (κ2) is 7.12. The summed E-state index contributed by atoms with van der Waals surface area (Å²) >= 11 is 1.74. The van der Waals surface area contributed by atoms with Crippen LogP contribution in [0.3, 0.4) is 0 Å². The fourth-order valence-corrected chi connectivity index (χ4v) is 3.97. The number of hydrogen-bond donors (Lipinski definition) is 0. The fraction of sp³-hybridized carbons (Fsp3) is 0.273. The molecule has 1 fully saturated rings. The number of carbonyl (C=O) groups excluding carboxylic acids is 1. The minimum atomic E-state index is 0.0183. The largest absolute Gasteiger partial charge is 0.364 e. The summed E-state index contributed by atoms with van der Waals surface area (Å²) in [6, 6.07) is 14.4. The molecule has 4 rings (SSSR count). The smallest absolute Gasteiger partial charge is 0.198 e. The van der Waals surface area contributed by atoms with Gasteiger partial charge in [0.05, 0.1) is 11.3 Å². The van der Waals surface area contributed by atoms with Crippen molar-refractivity contribution in [2.75, 3.05) is 6.26 Å². The van der Waals surface area contributed by atoms with E-state index in [1.54, 1.807) is 11.8 Å². The van der Waals surface area contributed by atoms with E-state index in [0.29, 0.717) is 11.5 Å². The van der Waals surface area contributed by atoms with Crippen LogP contribution in [0.1, 0.15) is 57.1 Å². The van der Waals surface area contributed by atoms with E-state index in [1.165, 1.54) is 16.7 Å². The summed E-state index contributed by atoms with van der Waals surface area (Å²) in [7, 11) is 0. The zero-order valence-electron chi connectivity index (χ0n) is 15.0. The molecular formula is C22H21NO2S. The number of nitrogens with zero attached hydrogens (tertiary/aromatic N) is 1. The van der Waals surface area contributed by atoms with Crippen molar-refractivity contribution in [3.05, 3.63) is 82.2 Å². The van der Waals surface area contributed by atoms with Gasteiger partial charge in [-0.25, -0.2) is 0 Å². The maximum atomic E-state index is 13.2. The van der Waals surface area contributed by atoms with Gasteiger partial charge in [-0.15, -0.1) is 11.8 Å². The van der Waals surface area contributed by atoms with E-state index < -0.39 is 0 Å². The predicted octanol–water partition coefficient (Wildman–Crippen LogP) is 5.40. The van der Waals surface area contributed by atoms with E-state index >= 15 is 0 Å². The third-order valence-corrected chi connectivity index (χ3v) is 5.72. The quantitative estimate of drug-likeness (QED) is 0.434. The second-order valence-electron chi connectivity index (χ2n) is 6.87. The van der Waals surface area contributed by atoms with Gasteiger partial charge in [0, 0.05) is 16.4 Å². The van der Waals surface area contributed by atoms with Crippen LogP contribution in [0.2, 0.25) is 0 Å². The summed E-state index contributed by atoms with van der Waals surface area (Å²) in [5.41, 5.74) is 5.65. The topological polar surface area (TPSA) is 43.1 Å². The van der Waals surface area contributed by atoms with E-state index in [2.05, 4.69) is 48.7 Å². The number of aryl methyl sites for hydroxylation is 1. The normalized spacial score (nSPS) is 13.8. The lowest BCUT2D eigenvalue weighted by molar-refractivity contribution is 0.103. The molecule has 1 aliphatic rings. The summed E-state index contributed by atoms with van der Waals surface area (Å²) in [5, 5.41) is 4.08. The molecule has 0 unspecified atom stereocenters. The molecule has 0 bridgehead atoms. The summed E-state index contributed by atoms with van der Waals surface area (Å²) < 4.78 is 5.13. The Labute approximate surface area is 157 Å². The predicted molar refractivity (Wildman–Crippen MR) is 104 cm³/mol. The van der Waals surface area contributed by atoms with Crippen molar-refractivity contribution in [1.82, 2.24) is 5.16 Å². The van der Waals surface area contributed by atoms with E-state index in [4.69, 9.17) is 4.52 Å². The van der Waals surface area contributed by atoms with Crippen molar-refractivity contribution in [2.24, 2.45) is 0 Å². The van der Waals surface area contributed by atoms with Gasteiger partial charge < -0.3 is 4.52 Å². The molecule has 3 nitrogen and oxygen atoms in total. The van der Waals surface area contributed by atoms with Gasteiger partial charge in [-0.1, -0.05) is 47.1 Å². The van der Waals surface area contributed by atoms with Crippen LogP contribution in [-0.2, 0) is 6.42 Å². The summed E-state index contributed by atoms with van der Waals surface area (Å²) in [4.78, 5) is 14.5. The van der Waals surface area contributed by atoms with Gasteiger partial charge in [0.2, 0.25) is 0 Å². The van der Waals surface area contributed by atoms with Gasteiger partial charge in [-0.05, 0) is 49.6 Å². The molecular weight excluding hydrogens is 342 g/mol. The maximum Gasteiger partial charge on any atom is 0.198 e. The fourth-order valence-electron chi connectivity index (χ4n) is 3.36. The average Bonchev–Trinajstić information content (AvgIpc) is 3.38. The van der Waals surface area contributed by atoms with Crippen LogP contribution < -0.4 is 0 Å². The van der Waals surface area contributed by atoms with Gasteiger partial charge in [-0.3, -0.25) is 4.79 Å². The molecule has 1 aromatic heterocycles. The lowest BCUT2D eigenvalue weighted by Gasteiger charge is -2.12. The van der Waals surface area contributed by atoms with Crippen molar-refractivity contribution >= 4 is 17.5 Å².